The zero-order valence-corrected chi connectivity index (χ0v) is 19.9. The maximum Gasteiger partial charge on any atom is 0.264 e. The lowest BCUT2D eigenvalue weighted by Crippen LogP contribution is -2.35. The summed E-state index contributed by atoms with van der Waals surface area (Å²) in [7, 11) is -4.07. The van der Waals surface area contributed by atoms with Crippen LogP contribution in [0.3, 0.4) is 0 Å². The highest BCUT2D eigenvalue weighted by molar-refractivity contribution is 7.90. The Bertz CT molecular complexity index is 1220. The average molecular weight is 483 g/mol. The molecule has 0 fully saturated rings. The molecule has 0 aliphatic carbocycles. The number of thiophene rings is 1. The summed E-state index contributed by atoms with van der Waals surface area (Å²) in [6.45, 7) is 7.18. The van der Waals surface area contributed by atoms with Crippen molar-refractivity contribution in [2.45, 2.75) is 44.9 Å². The van der Waals surface area contributed by atoms with Gasteiger partial charge in [0.15, 0.2) is 5.76 Å². The summed E-state index contributed by atoms with van der Waals surface area (Å²) in [5.41, 5.74) is 4.37. The Balaban J connectivity index is 2.19. The summed E-state index contributed by atoms with van der Waals surface area (Å²) in [6, 6.07) is 3.32. The molecule has 0 spiro atoms. The molecule has 166 valence electrons. The second-order valence-corrected chi connectivity index (χ2v) is 10.1. The Morgan fingerprint density at radius 2 is 2.00 bits per heavy atom. The number of halogens is 1. The number of hydrogen-bond acceptors (Lipinski definition) is 7. The number of aryl methyl sites for hydroxylation is 3. The number of nitrogens with one attached hydrogen (secondary N) is 1. The van der Waals surface area contributed by atoms with Gasteiger partial charge in [-0.25, -0.2) is 13.1 Å². The lowest BCUT2D eigenvalue weighted by Gasteiger charge is -2.23. The van der Waals surface area contributed by atoms with Gasteiger partial charge in [0, 0.05) is 12.0 Å². The van der Waals surface area contributed by atoms with Crippen LogP contribution in [-0.2, 0) is 21.2 Å². The second kappa shape index (κ2) is 9.12. The van der Waals surface area contributed by atoms with Crippen molar-refractivity contribution in [3.05, 3.63) is 67.2 Å². The van der Waals surface area contributed by atoms with E-state index in [0.717, 1.165) is 22.3 Å². The molecule has 1 aromatic carbocycles. The summed E-state index contributed by atoms with van der Waals surface area (Å²) in [6.07, 6.45) is 0.398. The normalized spacial score (nSPS) is 12.7. The van der Waals surface area contributed by atoms with Gasteiger partial charge in [-0.1, -0.05) is 22.8 Å². The molecule has 2 N–H and O–H groups in total. The molecular formula is C21H23ClN2O5S2. The van der Waals surface area contributed by atoms with Crippen molar-refractivity contribution in [2.75, 3.05) is 6.61 Å². The number of carbonyl (C=O) groups excluding carboxylic acids is 1. The summed E-state index contributed by atoms with van der Waals surface area (Å²) in [4.78, 5) is 13.4. The molecular weight excluding hydrogens is 460 g/mol. The van der Waals surface area contributed by atoms with Gasteiger partial charge in [-0.3, -0.25) is 4.79 Å². The van der Waals surface area contributed by atoms with E-state index in [9.17, 15) is 18.3 Å². The Morgan fingerprint density at radius 1 is 1.29 bits per heavy atom. The highest BCUT2D eigenvalue weighted by atomic mass is 35.5. The number of amides is 1. The van der Waals surface area contributed by atoms with Crippen LogP contribution in [0.5, 0.6) is 0 Å². The van der Waals surface area contributed by atoms with Crippen molar-refractivity contribution in [2.24, 2.45) is 0 Å². The van der Waals surface area contributed by atoms with Crippen molar-refractivity contribution in [3.8, 4) is 0 Å². The van der Waals surface area contributed by atoms with Crippen LogP contribution in [-0.4, -0.2) is 31.2 Å². The van der Waals surface area contributed by atoms with Crippen LogP contribution in [0.4, 0.5) is 0 Å². The molecule has 10 heteroatoms. The second-order valence-electron chi connectivity index (χ2n) is 7.31. The number of nitrogens with zero attached hydrogens (tertiary/aromatic N) is 1. The maximum absolute atomic E-state index is 13.4. The number of hydrogen-bond donors (Lipinski definition) is 2. The summed E-state index contributed by atoms with van der Waals surface area (Å²) in [5.74, 6) is -1.86. The molecule has 3 rings (SSSR count). The number of benzene rings is 1. The average Bonchev–Trinajstić information content (AvgIpc) is 3.34. The molecule has 0 bridgehead atoms. The smallest absolute Gasteiger partial charge is 0.264 e. The highest BCUT2D eigenvalue weighted by Crippen LogP contribution is 2.38. The molecule has 1 amide bonds. The molecule has 0 aliphatic rings. The summed E-state index contributed by atoms with van der Waals surface area (Å²) in [5, 5.41) is 16.6. The zero-order valence-electron chi connectivity index (χ0n) is 17.5. The predicted octanol–water partition coefficient (Wildman–Crippen LogP) is 3.79. The Labute approximate surface area is 190 Å². The van der Waals surface area contributed by atoms with E-state index >= 15 is 0 Å². The molecule has 0 aliphatic heterocycles. The van der Waals surface area contributed by atoms with Gasteiger partial charge in [-0.15, -0.1) is 0 Å². The van der Waals surface area contributed by atoms with E-state index < -0.39 is 21.8 Å². The number of sulfonamides is 1. The number of aromatic nitrogens is 1. The van der Waals surface area contributed by atoms with Crippen molar-refractivity contribution in [1.82, 2.24) is 9.88 Å². The number of rotatable bonds is 7. The molecule has 2 heterocycles. The van der Waals surface area contributed by atoms with Gasteiger partial charge < -0.3 is 9.63 Å². The van der Waals surface area contributed by atoms with Crippen LogP contribution in [0.2, 0.25) is 5.02 Å². The lowest BCUT2D eigenvalue weighted by molar-refractivity contribution is -0.120. The fourth-order valence-corrected chi connectivity index (χ4v) is 5.98. The molecule has 3 aromatic rings. The van der Waals surface area contributed by atoms with E-state index in [1.54, 1.807) is 12.3 Å². The third-order valence-corrected chi connectivity index (χ3v) is 7.86. The first-order valence-electron chi connectivity index (χ1n) is 9.49. The molecule has 0 saturated heterocycles. The Hall–Kier alpha value is -2.20. The van der Waals surface area contributed by atoms with Gasteiger partial charge in [0.1, 0.15) is 10.9 Å². The minimum absolute atomic E-state index is 0.00256. The SMILES string of the molecule is Cc1cc(C)c(C(C(=O)NS(=O)(=O)c2ccsc2)c2onc(C)c2Cl)c(C)c1CCO. The largest absolute Gasteiger partial charge is 0.396 e. The van der Waals surface area contributed by atoms with Gasteiger partial charge in [0.05, 0.1) is 10.6 Å². The summed E-state index contributed by atoms with van der Waals surface area (Å²) >= 11 is 7.59. The molecule has 1 unspecified atom stereocenters. The molecule has 7 nitrogen and oxygen atoms in total. The van der Waals surface area contributed by atoms with Gasteiger partial charge in [-0.05, 0) is 73.4 Å². The molecule has 1 atom stereocenters. The third kappa shape index (κ3) is 4.55. The van der Waals surface area contributed by atoms with Crippen LogP contribution in [0.25, 0.3) is 0 Å². The van der Waals surface area contributed by atoms with E-state index in [2.05, 4.69) is 9.88 Å². The topological polar surface area (TPSA) is 110 Å². The van der Waals surface area contributed by atoms with E-state index in [4.69, 9.17) is 16.1 Å². The van der Waals surface area contributed by atoms with Crippen LogP contribution in [0.15, 0.2) is 32.3 Å². The first kappa shape index (κ1) is 23.5. The van der Waals surface area contributed by atoms with Gasteiger partial charge >= 0.3 is 0 Å². The first-order chi connectivity index (χ1) is 14.6. The quantitative estimate of drug-likeness (QED) is 0.530. The molecule has 0 saturated carbocycles. The number of aliphatic hydroxyl groups excluding tert-OH is 1. The minimum atomic E-state index is -4.07. The maximum atomic E-state index is 13.4. The van der Waals surface area contributed by atoms with Crippen LogP contribution in [0, 0.1) is 27.7 Å². The van der Waals surface area contributed by atoms with E-state index in [1.807, 2.05) is 26.8 Å². The van der Waals surface area contributed by atoms with Crippen LogP contribution >= 0.6 is 22.9 Å². The van der Waals surface area contributed by atoms with E-state index in [1.165, 1.54) is 22.8 Å². The van der Waals surface area contributed by atoms with Crippen molar-refractivity contribution in [3.63, 3.8) is 0 Å². The third-order valence-electron chi connectivity index (χ3n) is 5.22. The van der Waals surface area contributed by atoms with Gasteiger partial charge in [0.25, 0.3) is 10.0 Å². The highest BCUT2D eigenvalue weighted by Gasteiger charge is 2.35. The van der Waals surface area contributed by atoms with Crippen molar-refractivity contribution in [1.29, 1.82) is 0 Å². The van der Waals surface area contributed by atoms with E-state index in [-0.39, 0.29) is 22.3 Å². The monoisotopic (exact) mass is 482 g/mol. The Kier molecular flexibility index (Phi) is 6.90. The number of aliphatic hydroxyl groups is 1. The van der Waals surface area contributed by atoms with Crippen LogP contribution in [0.1, 0.15) is 45.2 Å². The van der Waals surface area contributed by atoms with Gasteiger partial charge in [0.2, 0.25) is 5.91 Å². The number of carbonyl (C=O) groups is 1. The van der Waals surface area contributed by atoms with Crippen molar-refractivity contribution < 1.29 is 22.8 Å². The van der Waals surface area contributed by atoms with Crippen LogP contribution < -0.4 is 4.72 Å². The fraction of sp³-hybridized carbons (Fsp3) is 0.333. The lowest BCUT2D eigenvalue weighted by atomic mass is 9.83. The van der Waals surface area contributed by atoms with Crippen molar-refractivity contribution >= 4 is 38.9 Å². The molecule has 31 heavy (non-hydrogen) atoms. The predicted molar refractivity (Wildman–Crippen MR) is 119 cm³/mol. The van der Waals surface area contributed by atoms with E-state index in [0.29, 0.717) is 17.7 Å². The molecule has 2 aromatic heterocycles. The first-order valence-corrected chi connectivity index (χ1v) is 12.3. The minimum Gasteiger partial charge on any atom is -0.396 e. The molecule has 0 radical (unpaired) electrons. The summed E-state index contributed by atoms with van der Waals surface area (Å²) < 4.78 is 33.0. The van der Waals surface area contributed by atoms with Gasteiger partial charge in [-0.2, -0.15) is 11.3 Å². The Morgan fingerprint density at radius 3 is 2.55 bits per heavy atom. The zero-order chi connectivity index (χ0) is 22.9. The fourth-order valence-electron chi connectivity index (χ4n) is 3.78. The standard InChI is InChI=1S/C21H23ClN2O5S2/c1-11-9-12(2)17(13(3)16(11)5-7-25)18(20-19(22)14(4)23-29-20)21(26)24-31(27,28)15-6-8-30-10-15/h6,8-10,18,25H,5,7H2,1-4H3,(H,24,26).